The number of fused-ring (bicyclic) bond motifs is 1. The lowest BCUT2D eigenvalue weighted by Crippen LogP contribution is -2.32. The van der Waals surface area contributed by atoms with Crippen LogP contribution in [0.4, 0.5) is 4.79 Å². The Kier molecular flexibility index (Phi) is 5.77. The molecule has 1 aliphatic heterocycles. The zero-order valence-electron chi connectivity index (χ0n) is 16.8. The Hall–Kier alpha value is -3.25. The summed E-state index contributed by atoms with van der Waals surface area (Å²) in [7, 11) is 1.61. The molecular formula is C24H21NO4S. The van der Waals surface area contributed by atoms with E-state index in [-0.39, 0.29) is 24.3 Å². The molecule has 152 valence electrons. The second-order valence-corrected chi connectivity index (χ2v) is 7.88. The molecule has 1 saturated heterocycles. The monoisotopic (exact) mass is 419 g/mol. The number of carbonyl (C=O) groups excluding carboxylic acids is 2. The number of thioether (sulfide) groups is 1. The molecule has 1 fully saturated rings. The van der Waals surface area contributed by atoms with E-state index in [2.05, 4.69) is 0 Å². The third-order valence-corrected chi connectivity index (χ3v) is 5.83. The van der Waals surface area contributed by atoms with E-state index in [9.17, 15) is 9.59 Å². The van der Waals surface area contributed by atoms with Crippen LogP contribution in [0.15, 0.2) is 65.6 Å². The van der Waals surface area contributed by atoms with Gasteiger partial charge in [-0.1, -0.05) is 48.5 Å². The number of rotatable bonds is 6. The van der Waals surface area contributed by atoms with Gasteiger partial charge in [0.1, 0.15) is 18.1 Å². The van der Waals surface area contributed by atoms with E-state index in [1.165, 1.54) is 4.90 Å². The first-order valence-corrected chi connectivity index (χ1v) is 10.4. The molecular weight excluding hydrogens is 398 g/mol. The van der Waals surface area contributed by atoms with E-state index in [1.54, 1.807) is 13.2 Å². The largest absolute Gasteiger partial charge is 0.496 e. The number of aryl methyl sites for hydroxylation is 1. The summed E-state index contributed by atoms with van der Waals surface area (Å²) in [6.07, 6.45) is 1.72. The topological polar surface area (TPSA) is 55.8 Å². The van der Waals surface area contributed by atoms with Crippen molar-refractivity contribution in [1.29, 1.82) is 0 Å². The Balaban J connectivity index is 1.44. The number of carbonyl (C=O) groups is 2. The predicted molar refractivity (Wildman–Crippen MR) is 120 cm³/mol. The number of benzene rings is 3. The summed E-state index contributed by atoms with van der Waals surface area (Å²) in [5.41, 5.74) is 1.82. The van der Waals surface area contributed by atoms with Crippen LogP contribution in [0.3, 0.4) is 0 Å². The van der Waals surface area contributed by atoms with Crippen molar-refractivity contribution in [2.24, 2.45) is 0 Å². The van der Waals surface area contributed by atoms with Gasteiger partial charge >= 0.3 is 0 Å². The highest BCUT2D eigenvalue weighted by molar-refractivity contribution is 8.18. The van der Waals surface area contributed by atoms with Gasteiger partial charge in [0.05, 0.1) is 18.6 Å². The van der Waals surface area contributed by atoms with Gasteiger partial charge in [0.15, 0.2) is 0 Å². The van der Waals surface area contributed by atoms with Crippen LogP contribution < -0.4 is 9.47 Å². The molecule has 0 aromatic heterocycles. The minimum absolute atomic E-state index is 0.197. The number of hydrogen-bond donors (Lipinski definition) is 0. The summed E-state index contributed by atoms with van der Waals surface area (Å²) in [6.45, 7) is 2.38. The molecule has 2 amide bonds. The second-order valence-electron chi connectivity index (χ2n) is 6.89. The van der Waals surface area contributed by atoms with Crippen LogP contribution in [0.5, 0.6) is 11.5 Å². The highest BCUT2D eigenvalue weighted by Crippen LogP contribution is 2.33. The fraction of sp³-hybridized carbons (Fsp3) is 0.167. The van der Waals surface area contributed by atoms with E-state index in [4.69, 9.17) is 9.47 Å². The number of imide groups is 1. The summed E-state index contributed by atoms with van der Waals surface area (Å²) in [6, 6.07) is 19.4. The third kappa shape index (κ3) is 4.04. The van der Waals surface area contributed by atoms with Gasteiger partial charge in [-0.25, -0.2) is 0 Å². The van der Waals surface area contributed by atoms with E-state index < -0.39 is 0 Å². The lowest BCUT2D eigenvalue weighted by Gasteiger charge is -2.14. The number of hydrogen-bond acceptors (Lipinski definition) is 5. The van der Waals surface area contributed by atoms with Gasteiger partial charge in [-0.2, -0.15) is 0 Å². The maximum atomic E-state index is 12.7. The van der Waals surface area contributed by atoms with Crippen LogP contribution in [0.1, 0.15) is 11.1 Å². The average Bonchev–Trinajstić information content (AvgIpc) is 3.02. The van der Waals surface area contributed by atoms with Crippen LogP contribution in [0, 0.1) is 6.92 Å². The van der Waals surface area contributed by atoms with Gasteiger partial charge in [-0.3, -0.25) is 14.5 Å². The number of nitrogens with zero attached hydrogens (tertiary/aromatic N) is 1. The van der Waals surface area contributed by atoms with Crippen molar-refractivity contribution in [3.05, 3.63) is 76.7 Å². The van der Waals surface area contributed by atoms with Gasteiger partial charge in [0, 0.05) is 5.39 Å². The molecule has 1 aliphatic rings. The Morgan fingerprint density at radius 1 is 1.00 bits per heavy atom. The summed E-state index contributed by atoms with van der Waals surface area (Å²) in [5.74, 6) is 1.18. The smallest absolute Gasteiger partial charge is 0.293 e. The molecule has 0 atom stereocenters. The zero-order chi connectivity index (χ0) is 21.1. The number of ether oxygens (including phenoxy) is 2. The minimum Gasteiger partial charge on any atom is -0.496 e. The van der Waals surface area contributed by atoms with Gasteiger partial charge in [-0.05, 0) is 53.4 Å². The van der Waals surface area contributed by atoms with Crippen LogP contribution in [-0.2, 0) is 4.79 Å². The molecule has 5 nitrogen and oxygen atoms in total. The molecule has 0 unspecified atom stereocenters. The summed E-state index contributed by atoms with van der Waals surface area (Å²) in [4.78, 5) is 26.7. The van der Waals surface area contributed by atoms with Crippen molar-refractivity contribution in [2.45, 2.75) is 6.92 Å². The Bertz CT molecular complexity index is 1150. The third-order valence-electron chi connectivity index (χ3n) is 4.93. The highest BCUT2D eigenvalue weighted by Gasteiger charge is 2.34. The highest BCUT2D eigenvalue weighted by atomic mass is 32.2. The molecule has 0 N–H and O–H groups in total. The van der Waals surface area contributed by atoms with Crippen molar-refractivity contribution in [3.8, 4) is 11.5 Å². The molecule has 0 aliphatic carbocycles. The van der Waals surface area contributed by atoms with Crippen molar-refractivity contribution >= 4 is 39.8 Å². The maximum absolute atomic E-state index is 12.7. The first-order valence-electron chi connectivity index (χ1n) is 9.57. The molecule has 6 heteroatoms. The first-order chi connectivity index (χ1) is 14.6. The van der Waals surface area contributed by atoms with Gasteiger partial charge < -0.3 is 9.47 Å². The van der Waals surface area contributed by atoms with Gasteiger partial charge in [0.2, 0.25) is 0 Å². The van der Waals surface area contributed by atoms with Crippen molar-refractivity contribution in [1.82, 2.24) is 4.90 Å². The van der Waals surface area contributed by atoms with Crippen LogP contribution >= 0.6 is 11.8 Å². The quantitative estimate of drug-likeness (QED) is 0.509. The molecule has 0 spiro atoms. The van der Waals surface area contributed by atoms with Crippen molar-refractivity contribution in [2.75, 3.05) is 20.3 Å². The fourth-order valence-electron chi connectivity index (χ4n) is 3.34. The zero-order valence-corrected chi connectivity index (χ0v) is 17.6. The number of amides is 2. The normalized spacial score (nSPS) is 15.3. The molecule has 0 bridgehead atoms. The molecule has 3 aromatic carbocycles. The molecule has 0 saturated carbocycles. The summed E-state index contributed by atoms with van der Waals surface area (Å²) in [5, 5.41) is 1.80. The first kappa shape index (κ1) is 20.0. The summed E-state index contributed by atoms with van der Waals surface area (Å²) >= 11 is 0.945. The van der Waals surface area contributed by atoms with Crippen LogP contribution in [0.25, 0.3) is 16.8 Å². The summed E-state index contributed by atoms with van der Waals surface area (Å²) < 4.78 is 11.2. The van der Waals surface area contributed by atoms with Gasteiger partial charge in [-0.15, -0.1) is 0 Å². The van der Waals surface area contributed by atoms with Crippen molar-refractivity contribution < 1.29 is 19.1 Å². The van der Waals surface area contributed by atoms with E-state index in [1.807, 2.05) is 67.6 Å². The molecule has 0 radical (unpaired) electrons. The second kappa shape index (κ2) is 8.63. The fourth-order valence-corrected chi connectivity index (χ4v) is 4.20. The molecule has 3 aromatic rings. The SMILES string of the molecule is COc1cc(/C=C2\SC(=O)N(CCOc3cccc4ccccc34)C2=O)ccc1C. The lowest BCUT2D eigenvalue weighted by atomic mass is 10.1. The van der Waals surface area contributed by atoms with Gasteiger partial charge in [0.25, 0.3) is 11.1 Å². The average molecular weight is 420 g/mol. The lowest BCUT2D eigenvalue weighted by molar-refractivity contribution is -0.123. The number of methoxy groups -OCH3 is 1. The standard InChI is InChI=1S/C24H21NO4S/c1-16-10-11-17(14-21(16)28-2)15-22-23(26)25(24(27)30-22)12-13-29-20-9-5-7-18-6-3-4-8-19(18)20/h3-11,14-15H,12-13H2,1-2H3/b22-15-. The van der Waals surface area contributed by atoms with Crippen molar-refractivity contribution in [3.63, 3.8) is 0 Å². The molecule has 1 heterocycles. The predicted octanol–water partition coefficient (Wildman–Crippen LogP) is 5.27. The van der Waals surface area contributed by atoms with Crippen LogP contribution in [0.2, 0.25) is 0 Å². The van der Waals surface area contributed by atoms with Crippen LogP contribution in [-0.4, -0.2) is 36.3 Å². The Morgan fingerprint density at radius 2 is 1.80 bits per heavy atom. The minimum atomic E-state index is -0.300. The Morgan fingerprint density at radius 3 is 2.63 bits per heavy atom. The maximum Gasteiger partial charge on any atom is 0.293 e. The molecule has 4 rings (SSSR count). The molecule has 30 heavy (non-hydrogen) atoms. The van der Waals surface area contributed by atoms with E-state index >= 15 is 0 Å². The Labute approximate surface area is 179 Å². The van der Waals surface area contributed by atoms with E-state index in [0.29, 0.717) is 4.91 Å². The van der Waals surface area contributed by atoms with E-state index in [0.717, 1.165) is 45.2 Å².